The number of nitrogens with two attached hydrogens (primary N) is 1. The monoisotopic (exact) mass is 188 g/mol. The minimum atomic E-state index is -0.647. The maximum Gasteiger partial charge on any atom is 0.326 e. The number of nitrogens with zero attached hydrogens (tertiary/aromatic N) is 1. The number of amides is 2. The van der Waals surface area contributed by atoms with Crippen LogP contribution in [0.3, 0.4) is 0 Å². The number of rotatable bonds is 2. The highest BCUT2D eigenvalue weighted by atomic mass is 16.6. The van der Waals surface area contributed by atoms with Gasteiger partial charge in [0.25, 0.3) is 0 Å². The second-order valence-electron chi connectivity index (χ2n) is 3.78. The Morgan fingerprint density at radius 1 is 1.38 bits per heavy atom. The van der Waals surface area contributed by atoms with Crippen LogP contribution in [0.2, 0.25) is 0 Å². The molecule has 0 spiro atoms. The Kier molecular flexibility index (Phi) is 3.71. The molecule has 0 aromatic rings. The van der Waals surface area contributed by atoms with Gasteiger partial charge in [0.05, 0.1) is 0 Å². The average Bonchev–Trinajstić information content (AvgIpc) is 1.81. The molecule has 0 heterocycles. The van der Waals surface area contributed by atoms with E-state index in [0.29, 0.717) is 0 Å². The van der Waals surface area contributed by atoms with E-state index in [9.17, 15) is 9.59 Å². The van der Waals surface area contributed by atoms with E-state index >= 15 is 0 Å². The highest BCUT2D eigenvalue weighted by molar-refractivity contribution is 5.79. The van der Waals surface area contributed by atoms with Crippen molar-refractivity contribution in [3.63, 3.8) is 0 Å². The number of carbonyl (C=O) groups excluding carboxylic acids is 2. The lowest BCUT2D eigenvalue weighted by Gasteiger charge is -2.21. The van der Waals surface area contributed by atoms with Crippen LogP contribution >= 0.6 is 0 Å². The molecule has 0 atom stereocenters. The van der Waals surface area contributed by atoms with Crippen LogP contribution in [0, 0.1) is 0 Å². The molecule has 0 aliphatic heterocycles. The average molecular weight is 188 g/mol. The van der Waals surface area contributed by atoms with Crippen molar-refractivity contribution >= 4 is 12.0 Å². The Balaban J connectivity index is 3.96. The zero-order chi connectivity index (χ0) is 10.6. The minimum absolute atomic E-state index is 0.118. The van der Waals surface area contributed by atoms with Crippen molar-refractivity contribution < 1.29 is 14.3 Å². The van der Waals surface area contributed by atoms with Crippen LogP contribution in [0.25, 0.3) is 0 Å². The van der Waals surface area contributed by atoms with Crippen LogP contribution in [0.1, 0.15) is 20.8 Å². The molecule has 0 rings (SSSR count). The molecule has 5 heteroatoms. The number of likely N-dealkylation sites (N-methyl/N-ethyl adjacent to an activating group) is 1. The zero-order valence-corrected chi connectivity index (χ0v) is 8.46. The molecule has 0 saturated carbocycles. The van der Waals surface area contributed by atoms with Crippen LogP contribution in [0.15, 0.2) is 0 Å². The Labute approximate surface area is 77.8 Å². The second-order valence-corrected chi connectivity index (χ2v) is 3.78. The van der Waals surface area contributed by atoms with Crippen molar-refractivity contribution in [2.45, 2.75) is 26.4 Å². The van der Waals surface area contributed by atoms with Gasteiger partial charge in [0.2, 0.25) is 0 Å². The van der Waals surface area contributed by atoms with Gasteiger partial charge in [-0.1, -0.05) is 0 Å². The van der Waals surface area contributed by atoms with Gasteiger partial charge < -0.3 is 15.4 Å². The second kappa shape index (κ2) is 4.11. The Hall–Kier alpha value is -1.26. The lowest BCUT2D eigenvalue weighted by atomic mass is 10.2. The van der Waals surface area contributed by atoms with Crippen LogP contribution in [0.4, 0.5) is 4.79 Å². The first kappa shape index (κ1) is 11.7. The van der Waals surface area contributed by atoms with Crippen molar-refractivity contribution in [3.05, 3.63) is 0 Å². The van der Waals surface area contributed by atoms with Crippen molar-refractivity contribution in [1.29, 1.82) is 0 Å². The summed E-state index contributed by atoms with van der Waals surface area (Å²) in [5.41, 5.74) is 4.40. The van der Waals surface area contributed by atoms with Gasteiger partial charge in [-0.2, -0.15) is 0 Å². The molecule has 13 heavy (non-hydrogen) atoms. The van der Waals surface area contributed by atoms with E-state index in [2.05, 4.69) is 0 Å². The van der Waals surface area contributed by atoms with E-state index < -0.39 is 17.6 Å². The molecule has 0 aromatic carbocycles. The molecule has 0 aliphatic rings. The minimum Gasteiger partial charge on any atom is -0.459 e. The van der Waals surface area contributed by atoms with Crippen LogP contribution in [-0.4, -0.2) is 36.1 Å². The predicted molar refractivity (Wildman–Crippen MR) is 48.1 cm³/mol. The van der Waals surface area contributed by atoms with Crippen LogP contribution in [0.5, 0.6) is 0 Å². The van der Waals surface area contributed by atoms with Crippen molar-refractivity contribution in [2.75, 3.05) is 13.6 Å². The third kappa shape index (κ3) is 5.95. The first-order valence-electron chi connectivity index (χ1n) is 3.95. The lowest BCUT2D eigenvalue weighted by Crippen LogP contribution is -2.38. The van der Waals surface area contributed by atoms with Crippen LogP contribution < -0.4 is 5.73 Å². The normalized spacial score (nSPS) is 10.8. The summed E-state index contributed by atoms with van der Waals surface area (Å²) in [6.45, 7) is 5.16. The summed E-state index contributed by atoms with van der Waals surface area (Å²) in [4.78, 5) is 22.7. The molecular formula is C8H16N2O3. The van der Waals surface area contributed by atoms with Crippen molar-refractivity contribution in [3.8, 4) is 0 Å². The van der Waals surface area contributed by atoms with Gasteiger partial charge in [-0.25, -0.2) is 4.79 Å². The zero-order valence-electron chi connectivity index (χ0n) is 8.46. The predicted octanol–water partition coefficient (Wildman–Crippen LogP) is 0.339. The SMILES string of the molecule is CN(CC(=O)OC(C)(C)C)C(N)=O. The first-order chi connectivity index (χ1) is 5.72. The summed E-state index contributed by atoms with van der Waals surface area (Å²) in [6, 6.07) is -0.647. The number of urea groups is 1. The highest BCUT2D eigenvalue weighted by Gasteiger charge is 2.18. The summed E-state index contributed by atoms with van der Waals surface area (Å²) in [7, 11) is 1.44. The van der Waals surface area contributed by atoms with Crippen LogP contribution in [-0.2, 0) is 9.53 Å². The van der Waals surface area contributed by atoms with E-state index in [0.717, 1.165) is 4.90 Å². The molecule has 0 aliphatic carbocycles. The fraction of sp³-hybridized carbons (Fsp3) is 0.750. The Bertz CT molecular complexity index is 208. The van der Waals surface area contributed by atoms with Gasteiger partial charge in [-0.15, -0.1) is 0 Å². The summed E-state index contributed by atoms with van der Waals surface area (Å²) in [6.07, 6.45) is 0. The van der Waals surface area contributed by atoms with E-state index in [4.69, 9.17) is 10.5 Å². The topological polar surface area (TPSA) is 72.6 Å². The molecule has 76 valence electrons. The van der Waals surface area contributed by atoms with E-state index in [-0.39, 0.29) is 6.54 Å². The number of esters is 1. The number of hydrogen-bond donors (Lipinski definition) is 1. The van der Waals surface area contributed by atoms with Gasteiger partial charge in [0.1, 0.15) is 12.1 Å². The molecule has 0 bridgehead atoms. The molecule has 2 N–H and O–H groups in total. The smallest absolute Gasteiger partial charge is 0.326 e. The first-order valence-corrected chi connectivity index (χ1v) is 3.95. The summed E-state index contributed by atoms with van der Waals surface area (Å²) in [5, 5.41) is 0. The third-order valence-corrected chi connectivity index (χ3v) is 1.16. The van der Waals surface area contributed by atoms with Gasteiger partial charge >= 0.3 is 12.0 Å². The van der Waals surface area contributed by atoms with E-state index in [1.165, 1.54) is 7.05 Å². The highest BCUT2D eigenvalue weighted by Crippen LogP contribution is 2.06. The fourth-order valence-corrected chi connectivity index (χ4v) is 0.645. The summed E-state index contributed by atoms with van der Waals surface area (Å²) >= 11 is 0. The van der Waals surface area contributed by atoms with Gasteiger partial charge in [-0.05, 0) is 20.8 Å². The molecule has 5 nitrogen and oxygen atoms in total. The fourth-order valence-electron chi connectivity index (χ4n) is 0.645. The number of ether oxygens (including phenoxy) is 1. The molecule has 0 aromatic heterocycles. The maximum atomic E-state index is 11.1. The van der Waals surface area contributed by atoms with Crippen molar-refractivity contribution in [2.24, 2.45) is 5.73 Å². The molecule has 2 amide bonds. The Morgan fingerprint density at radius 3 is 2.15 bits per heavy atom. The quantitative estimate of drug-likeness (QED) is 0.635. The number of carbonyl (C=O) groups is 2. The lowest BCUT2D eigenvalue weighted by molar-refractivity contribution is -0.155. The number of primary amides is 1. The molecule has 0 unspecified atom stereocenters. The number of hydrogen-bond acceptors (Lipinski definition) is 3. The van der Waals surface area contributed by atoms with Gasteiger partial charge in [-0.3, -0.25) is 4.79 Å². The maximum absolute atomic E-state index is 11.1. The molecule has 0 saturated heterocycles. The molecule has 0 fully saturated rings. The largest absolute Gasteiger partial charge is 0.459 e. The summed E-state index contributed by atoms with van der Waals surface area (Å²) < 4.78 is 4.97. The Morgan fingerprint density at radius 2 is 1.85 bits per heavy atom. The molecular weight excluding hydrogens is 172 g/mol. The standard InChI is InChI=1S/C8H16N2O3/c1-8(2,3)13-6(11)5-10(4)7(9)12/h5H2,1-4H3,(H2,9,12). The summed E-state index contributed by atoms with van der Waals surface area (Å²) in [5.74, 6) is -0.464. The molecule has 0 radical (unpaired) electrons. The van der Waals surface area contributed by atoms with E-state index in [1.54, 1.807) is 20.8 Å². The van der Waals surface area contributed by atoms with Gasteiger partial charge in [0.15, 0.2) is 0 Å². The van der Waals surface area contributed by atoms with Gasteiger partial charge in [0, 0.05) is 7.05 Å². The van der Waals surface area contributed by atoms with Crippen molar-refractivity contribution in [1.82, 2.24) is 4.90 Å². The van der Waals surface area contributed by atoms with E-state index in [1.807, 2.05) is 0 Å². The third-order valence-electron chi connectivity index (χ3n) is 1.16.